The minimum atomic E-state index is -0.0710. The Morgan fingerprint density at radius 2 is 1.89 bits per heavy atom. The molecule has 0 saturated carbocycles. The summed E-state index contributed by atoms with van der Waals surface area (Å²) in [5.74, 6) is 0.151. The van der Waals surface area contributed by atoms with Gasteiger partial charge >= 0.3 is 0 Å². The quantitative estimate of drug-likeness (QED) is 0.797. The van der Waals surface area contributed by atoms with Crippen LogP contribution >= 0.6 is 0 Å². The number of amides is 1. The van der Waals surface area contributed by atoms with Crippen molar-refractivity contribution in [1.29, 1.82) is 0 Å². The summed E-state index contributed by atoms with van der Waals surface area (Å²) in [6.45, 7) is 9.97. The van der Waals surface area contributed by atoms with Gasteiger partial charge in [-0.3, -0.25) is 9.69 Å². The van der Waals surface area contributed by atoms with Crippen molar-refractivity contribution in [2.45, 2.75) is 57.8 Å². The maximum atomic E-state index is 12.2. The van der Waals surface area contributed by atoms with Crippen LogP contribution in [0.2, 0.25) is 0 Å². The van der Waals surface area contributed by atoms with E-state index in [1.54, 1.807) is 0 Å². The summed E-state index contributed by atoms with van der Waals surface area (Å²) in [7, 11) is 0. The molecule has 3 aliphatic heterocycles. The summed E-state index contributed by atoms with van der Waals surface area (Å²) in [6.07, 6.45) is 4.20. The third-order valence-electron chi connectivity index (χ3n) is 6.06. The van der Waals surface area contributed by atoms with Crippen LogP contribution < -0.4 is 0 Å². The lowest BCUT2D eigenvalue weighted by molar-refractivity contribution is -0.200. The van der Waals surface area contributed by atoms with Crippen molar-refractivity contribution in [1.82, 2.24) is 9.80 Å². The van der Waals surface area contributed by atoms with Crippen molar-refractivity contribution in [3.63, 3.8) is 0 Å². The van der Waals surface area contributed by atoms with Crippen molar-refractivity contribution in [3.8, 4) is 0 Å². The maximum absolute atomic E-state index is 12.2. The molecular formula is C22H32N2O3. The highest BCUT2D eigenvalue weighted by Gasteiger charge is 2.47. The van der Waals surface area contributed by atoms with E-state index in [4.69, 9.17) is 9.47 Å². The highest BCUT2D eigenvalue weighted by atomic mass is 16.5. The molecule has 1 amide bonds. The molecule has 5 nitrogen and oxygen atoms in total. The van der Waals surface area contributed by atoms with Gasteiger partial charge in [-0.1, -0.05) is 29.3 Å². The summed E-state index contributed by atoms with van der Waals surface area (Å²) in [6, 6.07) is 6.77. The lowest BCUT2D eigenvalue weighted by Crippen LogP contribution is -2.65. The van der Waals surface area contributed by atoms with E-state index in [-0.39, 0.29) is 24.2 Å². The number of carbonyl (C=O) groups excluding carboxylic acids is 1. The van der Waals surface area contributed by atoms with E-state index in [2.05, 4.69) is 36.9 Å². The Morgan fingerprint density at radius 3 is 2.59 bits per heavy atom. The Bertz CT molecular complexity index is 658. The molecule has 3 fully saturated rings. The van der Waals surface area contributed by atoms with Gasteiger partial charge in [0, 0.05) is 45.8 Å². The molecule has 5 heteroatoms. The van der Waals surface area contributed by atoms with Gasteiger partial charge in [-0.05, 0) is 38.7 Å². The third kappa shape index (κ3) is 4.53. The third-order valence-corrected chi connectivity index (χ3v) is 6.06. The Labute approximate surface area is 162 Å². The highest BCUT2D eigenvalue weighted by molar-refractivity contribution is 5.77. The Hall–Kier alpha value is -1.43. The predicted molar refractivity (Wildman–Crippen MR) is 105 cm³/mol. The molecule has 1 aromatic carbocycles. The number of hydrogen-bond acceptors (Lipinski definition) is 4. The minimum absolute atomic E-state index is 0.0710. The van der Waals surface area contributed by atoms with E-state index in [0.717, 1.165) is 65.0 Å². The largest absolute Gasteiger partial charge is 0.372 e. The molecule has 27 heavy (non-hydrogen) atoms. The lowest BCUT2D eigenvalue weighted by Gasteiger charge is -2.53. The smallest absolute Gasteiger partial charge is 0.248 e. The van der Waals surface area contributed by atoms with Crippen molar-refractivity contribution in [2.24, 2.45) is 0 Å². The van der Waals surface area contributed by atoms with Crippen LogP contribution in [0.15, 0.2) is 18.2 Å². The van der Waals surface area contributed by atoms with Crippen LogP contribution in [0.25, 0.3) is 0 Å². The first kappa shape index (κ1) is 18.9. The molecule has 3 saturated heterocycles. The molecule has 1 aromatic rings. The molecule has 0 bridgehead atoms. The van der Waals surface area contributed by atoms with Gasteiger partial charge in [0.2, 0.25) is 5.91 Å². The predicted octanol–water partition coefficient (Wildman–Crippen LogP) is 2.68. The number of benzene rings is 1. The normalized spacial score (nSPS) is 25.0. The SMILES string of the molecule is Cc1cc(C)cc(CN2CC3(CC(OCC(=O)N4CCCC4)CCO3)C2)c1. The molecule has 1 atom stereocenters. The van der Waals surface area contributed by atoms with E-state index >= 15 is 0 Å². The Kier molecular flexibility index (Phi) is 5.53. The van der Waals surface area contributed by atoms with Crippen molar-refractivity contribution in [3.05, 3.63) is 34.9 Å². The first-order chi connectivity index (χ1) is 13.0. The van der Waals surface area contributed by atoms with Crippen LogP contribution in [0.1, 0.15) is 42.4 Å². The van der Waals surface area contributed by atoms with Crippen LogP contribution in [0, 0.1) is 13.8 Å². The van der Waals surface area contributed by atoms with E-state index in [1.807, 2.05) is 4.90 Å². The summed E-state index contributed by atoms with van der Waals surface area (Å²) >= 11 is 0. The summed E-state index contributed by atoms with van der Waals surface area (Å²) in [5.41, 5.74) is 3.95. The number of aryl methyl sites for hydroxylation is 2. The molecule has 4 rings (SSSR count). The highest BCUT2D eigenvalue weighted by Crippen LogP contribution is 2.36. The van der Waals surface area contributed by atoms with Gasteiger partial charge in [0.1, 0.15) is 6.61 Å². The van der Waals surface area contributed by atoms with Crippen LogP contribution in [0.5, 0.6) is 0 Å². The number of nitrogens with zero attached hydrogens (tertiary/aromatic N) is 2. The number of hydrogen-bond donors (Lipinski definition) is 0. The van der Waals surface area contributed by atoms with Gasteiger partial charge in [-0.2, -0.15) is 0 Å². The molecular weight excluding hydrogens is 340 g/mol. The maximum Gasteiger partial charge on any atom is 0.248 e. The average Bonchev–Trinajstić information content (AvgIpc) is 3.12. The van der Waals surface area contributed by atoms with Gasteiger partial charge in [0.25, 0.3) is 0 Å². The van der Waals surface area contributed by atoms with E-state index in [1.165, 1.54) is 16.7 Å². The molecule has 0 radical (unpaired) electrons. The standard InChI is InChI=1S/C22H32N2O3/c1-17-9-18(2)11-19(10-17)13-23-15-22(16-23)12-20(5-8-27-22)26-14-21(25)24-6-3-4-7-24/h9-11,20H,3-8,12-16H2,1-2H3. The number of carbonyl (C=O) groups is 1. The zero-order valence-electron chi connectivity index (χ0n) is 16.7. The first-order valence-corrected chi connectivity index (χ1v) is 10.3. The average molecular weight is 373 g/mol. The van der Waals surface area contributed by atoms with E-state index in [0.29, 0.717) is 0 Å². The molecule has 0 aliphatic carbocycles. The molecule has 3 aliphatic rings. The van der Waals surface area contributed by atoms with E-state index in [9.17, 15) is 4.79 Å². The Balaban J connectivity index is 1.24. The molecule has 0 N–H and O–H groups in total. The first-order valence-electron chi connectivity index (χ1n) is 10.3. The van der Waals surface area contributed by atoms with Crippen molar-refractivity contribution >= 4 is 5.91 Å². The monoisotopic (exact) mass is 372 g/mol. The van der Waals surface area contributed by atoms with Crippen LogP contribution in [-0.2, 0) is 20.8 Å². The van der Waals surface area contributed by atoms with Crippen LogP contribution in [-0.4, -0.2) is 66.8 Å². The number of likely N-dealkylation sites (tertiary alicyclic amines) is 2. The van der Waals surface area contributed by atoms with Crippen molar-refractivity contribution in [2.75, 3.05) is 39.4 Å². The topological polar surface area (TPSA) is 42.0 Å². The number of rotatable bonds is 5. The van der Waals surface area contributed by atoms with Gasteiger partial charge < -0.3 is 14.4 Å². The van der Waals surface area contributed by atoms with E-state index < -0.39 is 0 Å². The van der Waals surface area contributed by atoms with Crippen LogP contribution in [0.3, 0.4) is 0 Å². The Morgan fingerprint density at radius 1 is 1.19 bits per heavy atom. The second-order valence-corrected chi connectivity index (χ2v) is 8.69. The van der Waals surface area contributed by atoms with Gasteiger partial charge in [-0.15, -0.1) is 0 Å². The zero-order chi connectivity index (χ0) is 18.9. The molecule has 1 unspecified atom stereocenters. The van der Waals surface area contributed by atoms with Crippen LogP contribution in [0.4, 0.5) is 0 Å². The van der Waals surface area contributed by atoms with Gasteiger partial charge in [0.15, 0.2) is 0 Å². The second-order valence-electron chi connectivity index (χ2n) is 8.69. The fraction of sp³-hybridized carbons (Fsp3) is 0.682. The zero-order valence-corrected chi connectivity index (χ0v) is 16.7. The summed E-state index contributed by atoms with van der Waals surface area (Å²) in [4.78, 5) is 16.6. The molecule has 3 heterocycles. The summed E-state index contributed by atoms with van der Waals surface area (Å²) < 4.78 is 12.1. The number of ether oxygens (including phenoxy) is 2. The lowest BCUT2D eigenvalue weighted by atomic mass is 9.84. The minimum Gasteiger partial charge on any atom is -0.372 e. The fourth-order valence-electron chi connectivity index (χ4n) is 4.89. The second kappa shape index (κ2) is 7.90. The molecule has 148 valence electrons. The molecule has 0 aromatic heterocycles. The van der Waals surface area contributed by atoms with Gasteiger partial charge in [0.05, 0.1) is 11.7 Å². The summed E-state index contributed by atoms with van der Waals surface area (Å²) in [5, 5.41) is 0. The van der Waals surface area contributed by atoms with Gasteiger partial charge in [-0.25, -0.2) is 0 Å². The van der Waals surface area contributed by atoms with Crippen molar-refractivity contribution < 1.29 is 14.3 Å². The molecule has 1 spiro atoms. The fourth-order valence-corrected chi connectivity index (χ4v) is 4.89.